The fourth-order valence-electron chi connectivity index (χ4n) is 5.12. The summed E-state index contributed by atoms with van der Waals surface area (Å²) < 4.78 is 5.35. The molecule has 4 rings (SSSR count). The second kappa shape index (κ2) is 8.00. The van der Waals surface area contributed by atoms with Crippen molar-refractivity contribution in [1.82, 2.24) is 4.90 Å². The van der Waals surface area contributed by atoms with Gasteiger partial charge < -0.3 is 14.7 Å². The van der Waals surface area contributed by atoms with E-state index in [-0.39, 0.29) is 30.4 Å². The van der Waals surface area contributed by atoms with Crippen LogP contribution in [-0.4, -0.2) is 47.8 Å². The van der Waals surface area contributed by atoms with E-state index in [1.54, 1.807) is 4.90 Å². The predicted molar refractivity (Wildman–Crippen MR) is 101 cm³/mol. The quantitative estimate of drug-likeness (QED) is 0.887. The third-order valence-corrected chi connectivity index (χ3v) is 6.70. The number of amides is 1. The highest BCUT2D eigenvalue weighted by molar-refractivity contribution is 5.81. The van der Waals surface area contributed by atoms with Crippen LogP contribution in [0, 0.1) is 17.2 Å². The monoisotopic (exact) mass is 368 g/mol. The van der Waals surface area contributed by atoms with Crippen molar-refractivity contribution in [1.29, 1.82) is 5.26 Å². The van der Waals surface area contributed by atoms with Gasteiger partial charge >= 0.3 is 0 Å². The first-order chi connectivity index (χ1) is 13.2. The fraction of sp³-hybridized carbons (Fsp3) is 0.636. The van der Waals surface area contributed by atoms with Crippen LogP contribution in [-0.2, 0) is 9.53 Å². The van der Waals surface area contributed by atoms with Gasteiger partial charge in [-0.3, -0.25) is 4.79 Å². The number of benzene rings is 1. The zero-order chi connectivity index (χ0) is 18.8. The van der Waals surface area contributed by atoms with E-state index in [1.807, 2.05) is 0 Å². The Hall–Kier alpha value is -1.90. The lowest BCUT2D eigenvalue weighted by molar-refractivity contribution is -0.154. The van der Waals surface area contributed by atoms with Crippen LogP contribution in [0.1, 0.15) is 61.5 Å². The third kappa shape index (κ3) is 3.37. The smallest absolute Gasteiger partial charge is 0.227 e. The molecule has 0 radical (unpaired) electrons. The van der Waals surface area contributed by atoms with Gasteiger partial charge in [0.15, 0.2) is 0 Å². The van der Waals surface area contributed by atoms with Crippen molar-refractivity contribution in [3.05, 3.63) is 35.4 Å². The first-order valence-electron chi connectivity index (χ1n) is 10.2. The Kier molecular flexibility index (Phi) is 5.47. The standard InChI is InChI=1S/C22H28N2O3/c23-13-19-21(17-7-5-16(6-8-17)15-3-1-2-4-15)20(14-25)24(19)22(26)18-9-11-27-12-10-18/h5-8,15,18-21,25H,1-4,9-12,14H2/t19-,20+,21-/m1/s1. The predicted octanol–water partition coefficient (Wildman–Crippen LogP) is 2.95. The second-order valence-electron chi connectivity index (χ2n) is 8.13. The molecule has 3 aliphatic rings. The van der Waals surface area contributed by atoms with Crippen molar-refractivity contribution in [2.24, 2.45) is 5.92 Å². The molecule has 2 saturated heterocycles. The van der Waals surface area contributed by atoms with E-state index in [0.29, 0.717) is 32.0 Å². The molecule has 5 heteroatoms. The molecular formula is C22H28N2O3. The average molecular weight is 368 g/mol. The number of nitriles is 1. The van der Waals surface area contributed by atoms with Gasteiger partial charge in [-0.25, -0.2) is 0 Å². The number of carbonyl (C=O) groups excluding carboxylic acids is 1. The van der Waals surface area contributed by atoms with E-state index in [1.165, 1.54) is 31.2 Å². The van der Waals surface area contributed by atoms with Crippen molar-refractivity contribution < 1.29 is 14.6 Å². The summed E-state index contributed by atoms with van der Waals surface area (Å²) in [5.41, 5.74) is 2.43. The molecule has 1 saturated carbocycles. The van der Waals surface area contributed by atoms with E-state index in [2.05, 4.69) is 30.3 Å². The first kappa shape index (κ1) is 18.5. The van der Waals surface area contributed by atoms with Crippen LogP contribution in [0.5, 0.6) is 0 Å². The van der Waals surface area contributed by atoms with Crippen LogP contribution in [0.15, 0.2) is 24.3 Å². The van der Waals surface area contributed by atoms with E-state index in [9.17, 15) is 15.2 Å². The molecule has 2 heterocycles. The SMILES string of the molecule is N#C[C@@H]1[C@@H](c2ccc(C3CCCC3)cc2)[C@H](CO)N1C(=O)C1CCOCC1. The number of ether oxygens (including phenoxy) is 1. The van der Waals surface area contributed by atoms with Gasteiger partial charge in [0, 0.05) is 25.0 Å². The minimum atomic E-state index is -0.491. The molecule has 1 N–H and O–H groups in total. The van der Waals surface area contributed by atoms with Crippen molar-refractivity contribution >= 4 is 5.91 Å². The maximum atomic E-state index is 12.9. The maximum absolute atomic E-state index is 12.9. The molecule has 27 heavy (non-hydrogen) atoms. The molecule has 1 aromatic carbocycles. The first-order valence-corrected chi connectivity index (χ1v) is 10.2. The van der Waals surface area contributed by atoms with Gasteiger partial charge in [-0.1, -0.05) is 37.1 Å². The lowest BCUT2D eigenvalue weighted by Gasteiger charge is -2.52. The van der Waals surface area contributed by atoms with E-state index < -0.39 is 6.04 Å². The summed E-state index contributed by atoms with van der Waals surface area (Å²) >= 11 is 0. The second-order valence-corrected chi connectivity index (χ2v) is 8.13. The number of nitrogens with zero attached hydrogens (tertiary/aromatic N) is 2. The highest BCUT2D eigenvalue weighted by Crippen LogP contribution is 2.43. The molecule has 5 nitrogen and oxygen atoms in total. The number of likely N-dealkylation sites (tertiary alicyclic amines) is 1. The molecule has 1 amide bonds. The number of aliphatic hydroxyl groups is 1. The Labute approximate surface area is 160 Å². The van der Waals surface area contributed by atoms with Crippen molar-refractivity contribution in [2.45, 2.75) is 62.4 Å². The zero-order valence-corrected chi connectivity index (χ0v) is 15.7. The normalized spacial score (nSPS) is 29.3. The van der Waals surface area contributed by atoms with E-state index >= 15 is 0 Å². The lowest BCUT2D eigenvalue weighted by Crippen LogP contribution is -2.66. The molecule has 0 spiro atoms. The highest BCUT2D eigenvalue weighted by atomic mass is 16.5. The van der Waals surface area contributed by atoms with E-state index in [0.717, 1.165) is 5.56 Å². The van der Waals surface area contributed by atoms with Gasteiger partial charge in [0.2, 0.25) is 5.91 Å². The summed E-state index contributed by atoms with van der Waals surface area (Å²) in [6.07, 6.45) is 6.54. The van der Waals surface area contributed by atoms with Crippen LogP contribution >= 0.6 is 0 Å². The molecule has 3 atom stereocenters. The summed E-state index contributed by atoms with van der Waals surface area (Å²) in [4.78, 5) is 14.6. The Morgan fingerprint density at radius 3 is 2.33 bits per heavy atom. The maximum Gasteiger partial charge on any atom is 0.227 e. The van der Waals surface area contributed by atoms with Gasteiger partial charge in [-0.05, 0) is 42.7 Å². The number of aliphatic hydroxyl groups excluding tert-OH is 1. The molecule has 0 aromatic heterocycles. The van der Waals surface area contributed by atoms with Gasteiger partial charge in [-0.15, -0.1) is 0 Å². The molecular weight excluding hydrogens is 340 g/mol. The van der Waals surface area contributed by atoms with Gasteiger partial charge in [0.05, 0.1) is 18.7 Å². The van der Waals surface area contributed by atoms with Crippen LogP contribution < -0.4 is 0 Å². The Morgan fingerprint density at radius 1 is 1.11 bits per heavy atom. The van der Waals surface area contributed by atoms with Crippen molar-refractivity contribution in [2.75, 3.05) is 19.8 Å². The van der Waals surface area contributed by atoms with Crippen molar-refractivity contribution in [3.63, 3.8) is 0 Å². The average Bonchev–Trinajstić information content (AvgIpc) is 3.24. The molecule has 1 aliphatic carbocycles. The number of carbonyl (C=O) groups is 1. The minimum Gasteiger partial charge on any atom is -0.394 e. The van der Waals surface area contributed by atoms with Gasteiger partial charge in [0.1, 0.15) is 6.04 Å². The Bertz CT molecular complexity index is 699. The Balaban J connectivity index is 1.50. The van der Waals surface area contributed by atoms with E-state index in [4.69, 9.17) is 4.74 Å². The zero-order valence-electron chi connectivity index (χ0n) is 15.7. The summed E-state index contributed by atoms with van der Waals surface area (Å²) in [5, 5.41) is 19.7. The molecule has 1 aromatic rings. The number of hydrogen-bond acceptors (Lipinski definition) is 4. The van der Waals surface area contributed by atoms with Gasteiger partial charge in [0.25, 0.3) is 0 Å². The van der Waals surface area contributed by atoms with Crippen LogP contribution in [0.4, 0.5) is 0 Å². The summed E-state index contributed by atoms with van der Waals surface area (Å²) in [7, 11) is 0. The molecule has 3 fully saturated rings. The van der Waals surface area contributed by atoms with Crippen molar-refractivity contribution in [3.8, 4) is 6.07 Å². The van der Waals surface area contributed by atoms with Crippen LogP contribution in [0.2, 0.25) is 0 Å². The molecule has 0 bridgehead atoms. The molecule has 2 aliphatic heterocycles. The summed E-state index contributed by atoms with van der Waals surface area (Å²) in [6.45, 7) is 1.08. The third-order valence-electron chi connectivity index (χ3n) is 6.70. The largest absolute Gasteiger partial charge is 0.394 e. The highest BCUT2D eigenvalue weighted by Gasteiger charge is 2.52. The van der Waals surface area contributed by atoms with Crippen LogP contribution in [0.3, 0.4) is 0 Å². The number of rotatable bonds is 4. The fourth-order valence-corrected chi connectivity index (χ4v) is 5.12. The molecule has 0 unspecified atom stereocenters. The topological polar surface area (TPSA) is 73.6 Å². The van der Waals surface area contributed by atoms with Crippen LogP contribution in [0.25, 0.3) is 0 Å². The minimum absolute atomic E-state index is 0.00252. The lowest BCUT2D eigenvalue weighted by atomic mass is 9.74. The molecule has 144 valence electrons. The van der Waals surface area contributed by atoms with Gasteiger partial charge in [-0.2, -0.15) is 5.26 Å². The summed E-state index contributed by atoms with van der Waals surface area (Å²) in [5.74, 6) is 0.464. The Morgan fingerprint density at radius 2 is 1.74 bits per heavy atom. The summed E-state index contributed by atoms with van der Waals surface area (Å²) in [6, 6.07) is 10.1. The number of hydrogen-bond donors (Lipinski definition) is 1.